The van der Waals surface area contributed by atoms with Crippen molar-refractivity contribution in [2.45, 2.75) is 23.8 Å². The molecule has 0 aliphatic carbocycles. The maximum Gasteiger partial charge on any atom is 0.312 e. The fourth-order valence-corrected chi connectivity index (χ4v) is 4.61. The third-order valence-electron chi connectivity index (χ3n) is 4.21. The van der Waals surface area contributed by atoms with Crippen molar-refractivity contribution >= 4 is 37.8 Å². The SMILES string of the molecule is COS(=O)(=O)c1ccccc1C(=O)c1cc(Br)c2n1CCC2C(=O)O. The second-order valence-corrected chi connectivity index (χ2v) is 8.08. The number of hydrogen-bond acceptors (Lipinski definition) is 5. The van der Waals surface area contributed by atoms with E-state index >= 15 is 0 Å². The van der Waals surface area contributed by atoms with Crippen LogP contribution < -0.4 is 0 Å². The number of benzene rings is 1. The van der Waals surface area contributed by atoms with E-state index in [0.29, 0.717) is 23.1 Å². The third kappa shape index (κ3) is 2.92. The van der Waals surface area contributed by atoms with E-state index in [-0.39, 0.29) is 16.2 Å². The molecule has 0 bridgehead atoms. The van der Waals surface area contributed by atoms with Crippen molar-refractivity contribution in [2.75, 3.05) is 7.11 Å². The standard InChI is InChI=1S/C16H14BrNO6S/c1-24-25(22,23)13-5-3-2-4-9(13)15(19)12-8-11(17)14-10(16(20)21)6-7-18(12)14/h2-5,8,10H,6-7H2,1H3,(H,20,21). The third-order valence-corrected chi connectivity index (χ3v) is 6.18. The molecular weight excluding hydrogens is 414 g/mol. The highest BCUT2D eigenvalue weighted by molar-refractivity contribution is 9.10. The normalized spacial score (nSPS) is 16.6. The second kappa shape index (κ2) is 6.40. The van der Waals surface area contributed by atoms with Crippen LogP contribution in [0.2, 0.25) is 0 Å². The summed E-state index contributed by atoms with van der Waals surface area (Å²) in [5.41, 5.74) is 0.739. The monoisotopic (exact) mass is 427 g/mol. The van der Waals surface area contributed by atoms with Crippen molar-refractivity contribution in [1.82, 2.24) is 4.57 Å². The highest BCUT2D eigenvalue weighted by Crippen LogP contribution is 2.38. The number of rotatable bonds is 5. The summed E-state index contributed by atoms with van der Waals surface area (Å²) >= 11 is 3.31. The van der Waals surface area contributed by atoms with Gasteiger partial charge in [0.05, 0.1) is 18.7 Å². The molecule has 1 N–H and O–H groups in total. The lowest BCUT2D eigenvalue weighted by molar-refractivity contribution is -0.138. The van der Waals surface area contributed by atoms with Crippen molar-refractivity contribution in [3.05, 3.63) is 51.8 Å². The molecule has 0 saturated heterocycles. The maximum atomic E-state index is 13.0. The number of carboxylic acids is 1. The van der Waals surface area contributed by atoms with Gasteiger partial charge in [0.2, 0.25) is 5.78 Å². The molecule has 7 nitrogen and oxygen atoms in total. The van der Waals surface area contributed by atoms with E-state index in [9.17, 15) is 23.1 Å². The van der Waals surface area contributed by atoms with Crippen LogP contribution in [-0.2, 0) is 25.6 Å². The summed E-state index contributed by atoms with van der Waals surface area (Å²) in [5.74, 6) is -2.16. The van der Waals surface area contributed by atoms with Gasteiger partial charge < -0.3 is 9.67 Å². The Bertz CT molecular complexity index is 979. The van der Waals surface area contributed by atoms with Crippen LogP contribution in [0.3, 0.4) is 0 Å². The first-order chi connectivity index (χ1) is 11.8. The number of ketones is 1. The quantitative estimate of drug-likeness (QED) is 0.580. The number of fused-ring (bicyclic) bond motifs is 1. The lowest BCUT2D eigenvalue weighted by Gasteiger charge is -2.09. The molecule has 3 rings (SSSR count). The summed E-state index contributed by atoms with van der Waals surface area (Å²) in [5, 5.41) is 9.32. The first kappa shape index (κ1) is 17.8. The summed E-state index contributed by atoms with van der Waals surface area (Å²) in [6, 6.07) is 7.30. The predicted molar refractivity (Wildman–Crippen MR) is 91.2 cm³/mol. The number of carboxylic acid groups (broad SMARTS) is 1. The predicted octanol–water partition coefficient (Wildman–Crippen LogP) is 2.39. The Morgan fingerprint density at radius 1 is 1.32 bits per heavy atom. The number of hydrogen-bond donors (Lipinski definition) is 1. The fraction of sp³-hybridized carbons (Fsp3) is 0.250. The Labute approximate surface area is 152 Å². The second-order valence-electron chi connectivity index (χ2n) is 5.54. The first-order valence-corrected chi connectivity index (χ1v) is 9.54. The molecule has 1 atom stereocenters. The van der Waals surface area contributed by atoms with Crippen molar-refractivity contribution in [2.24, 2.45) is 0 Å². The Kier molecular flexibility index (Phi) is 4.56. The highest BCUT2D eigenvalue weighted by Gasteiger charge is 2.35. The van der Waals surface area contributed by atoms with Crippen LogP contribution in [-0.4, -0.2) is 37.0 Å². The molecule has 1 aromatic heterocycles. The van der Waals surface area contributed by atoms with Gasteiger partial charge in [-0.05, 0) is 40.5 Å². The van der Waals surface area contributed by atoms with E-state index in [1.54, 1.807) is 10.6 Å². The van der Waals surface area contributed by atoms with Crippen LogP contribution in [0.25, 0.3) is 0 Å². The van der Waals surface area contributed by atoms with Gasteiger partial charge >= 0.3 is 5.97 Å². The van der Waals surface area contributed by atoms with Crippen LogP contribution >= 0.6 is 15.9 Å². The molecule has 25 heavy (non-hydrogen) atoms. The van der Waals surface area contributed by atoms with Crippen LogP contribution in [0.1, 0.15) is 34.1 Å². The summed E-state index contributed by atoms with van der Waals surface area (Å²) in [6.45, 7) is 0.373. The topological polar surface area (TPSA) is 103 Å². The average molecular weight is 428 g/mol. The number of aromatic nitrogens is 1. The van der Waals surface area contributed by atoms with Crippen molar-refractivity contribution in [1.29, 1.82) is 0 Å². The number of aliphatic carboxylic acids is 1. The van der Waals surface area contributed by atoms with Gasteiger partial charge in [0, 0.05) is 22.3 Å². The van der Waals surface area contributed by atoms with Gasteiger partial charge in [-0.25, -0.2) is 0 Å². The number of halogens is 1. The van der Waals surface area contributed by atoms with Crippen molar-refractivity contribution in [3.8, 4) is 0 Å². The maximum absolute atomic E-state index is 13.0. The van der Waals surface area contributed by atoms with Gasteiger partial charge in [0.15, 0.2) is 0 Å². The smallest absolute Gasteiger partial charge is 0.312 e. The molecule has 1 aromatic carbocycles. The number of carbonyl (C=O) groups is 2. The minimum Gasteiger partial charge on any atom is -0.481 e. The van der Waals surface area contributed by atoms with E-state index in [1.165, 1.54) is 24.3 Å². The van der Waals surface area contributed by atoms with Gasteiger partial charge in [-0.15, -0.1) is 0 Å². The zero-order valence-corrected chi connectivity index (χ0v) is 15.5. The molecule has 0 radical (unpaired) electrons. The lowest BCUT2D eigenvalue weighted by Crippen LogP contribution is -2.14. The minimum atomic E-state index is -4.05. The molecule has 1 aliphatic heterocycles. The molecule has 132 valence electrons. The molecular formula is C16H14BrNO6S. The summed E-state index contributed by atoms with van der Waals surface area (Å²) in [7, 11) is -3.02. The minimum absolute atomic E-state index is 0.0177. The zero-order valence-electron chi connectivity index (χ0n) is 13.1. The molecule has 2 heterocycles. The molecule has 1 aliphatic rings. The zero-order chi connectivity index (χ0) is 18.4. The first-order valence-electron chi connectivity index (χ1n) is 7.34. The molecule has 2 aromatic rings. The fourth-order valence-electron chi connectivity index (χ4n) is 3.05. The molecule has 0 amide bonds. The Balaban J connectivity index is 2.13. The van der Waals surface area contributed by atoms with Gasteiger partial charge in [-0.2, -0.15) is 8.42 Å². The summed E-state index contributed by atoms with van der Waals surface area (Å²) in [6.07, 6.45) is 0.377. The van der Waals surface area contributed by atoms with Crippen molar-refractivity contribution in [3.63, 3.8) is 0 Å². The average Bonchev–Trinajstić information content (AvgIpc) is 3.16. The molecule has 0 saturated carbocycles. The van der Waals surface area contributed by atoms with Crippen LogP contribution in [0.15, 0.2) is 39.7 Å². The molecule has 0 fully saturated rings. The van der Waals surface area contributed by atoms with Gasteiger partial charge in [-0.3, -0.25) is 13.8 Å². The molecule has 1 unspecified atom stereocenters. The van der Waals surface area contributed by atoms with Gasteiger partial charge in [0.25, 0.3) is 10.1 Å². The van der Waals surface area contributed by atoms with E-state index in [2.05, 4.69) is 20.1 Å². The largest absolute Gasteiger partial charge is 0.481 e. The van der Waals surface area contributed by atoms with Crippen LogP contribution in [0.4, 0.5) is 0 Å². The summed E-state index contributed by atoms with van der Waals surface area (Å²) < 4.78 is 30.8. The van der Waals surface area contributed by atoms with Crippen molar-refractivity contribution < 1.29 is 27.3 Å². The van der Waals surface area contributed by atoms with E-state index in [4.69, 9.17) is 0 Å². The molecule has 0 spiro atoms. The van der Waals surface area contributed by atoms with Gasteiger partial charge in [-0.1, -0.05) is 12.1 Å². The Morgan fingerprint density at radius 3 is 2.64 bits per heavy atom. The highest BCUT2D eigenvalue weighted by atomic mass is 79.9. The van der Waals surface area contributed by atoms with Crippen LogP contribution in [0.5, 0.6) is 0 Å². The lowest BCUT2D eigenvalue weighted by atomic mass is 10.1. The van der Waals surface area contributed by atoms with E-state index < -0.39 is 27.8 Å². The molecule has 9 heteroatoms. The van der Waals surface area contributed by atoms with E-state index in [1.807, 2.05) is 0 Å². The Hall–Kier alpha value is -1.97. The van der Waals surface area contributed by atoms with Crippen LogP contribution in [0, 0.1) is 0 Å². The summed E-state index contributed by atoms with van der Waals surface area (Å²) in [4.78, 5) is 24.1. The Morgan fingerprint density at radius 2 is 2.00 bits per heavy atom. The van der Waals surface area contributed by atoms with Gasteiger partial charge in [0.1, 0.15) is 4.90 Å². The number of nitrogens with zero attached hydrogens (tertiary/aromatic N) is 1. The number of carbonyl (C=O) groups excluding carboxylic acids is 1. The van der Waals surface area contributed by atoms with E-state index in [0.717, 1.165) is 7.11 Å².